The van der Waals surface area contributed by atoms with Crippen LogP contribution in [-0.2, 0) is 4.74 Å². The van der Waals surface area contributed by atoms with Crippen molar-refractivity contribution in [3.63, 3.8) is 0 Å². The van der Waals surface area contributed by atoms with Gasteiger partial charge in [-0.1, -0.05) is 12.8 Å². The maximum absolute atomic E-state index is 5.47. The summed E-state index contributed by atoms with van der Waals surface area (Å²) in [6, 6.07) is 0.941. The van der Waals surface area contributed by atoms with Crippen molar-refractivity contribution in [2.24, 2.45) is 0 Å². The Balaban J connectivity index is 1.95. The van der Waals surface area contributed by atoms with Crippen LogP contribution in [0.1, 0.15) is 45.6 Å². The molecule has 2 rings (SSSR count). The van der Waals surface area contributed by atoms with Gasteiger partial charge in [-0.15, -0.1) is 0 Å². The predicted molar refractivity (Wildman–Crippen MR) is 69.3 cm³/mol. The van der Waals surface area contributed by atoms with E-state index in [2.05, 4.69) is 21.8 Å². The lowest BCUT2D eigenvalue weighted by atomic mass is 10.2. The minimum absolute atomic E-state index is 0.335. The van der Waals surface area contributed by atoms with E-state index in [-0.39, 0.29) is 0 Å². The minimum Gasteiger partial charge on any atom is -0.380 e. The predicted octanol–water partition coefficient (Wildman–Crippen LogP) is 2.84. The van der Waals surface area contributed by atoms with Crippen LogP contribution in [0.4, 0.5) is 5.95 Å². The third kappa shape index (κ3) is 3.22. The summed E-state index contributed by atoms with van der Waals surface area (Å²) in [5.74, 6) is 0.990. The van der Waals surface area contributed by atoms with E-state index in [4.69, 9.17) is 4.74 Å². The molecule has 4 nitrogen and oxygen atoms in total. The summed E-state index contributed by atoms with van der Waals surface area (Å²) in [6.45, 7) is 5.70. The molecular formula is C13H23N3O. The first-order valence-corrected chi connectivity index (χ1v) is 6.68. The zero-order valence-corrected chi connectivity index (χ0v) is 10.9. The van der Waals surface area contributed by atoms with Gasteiger partial charge < -0.3 is 14.6 Å². The molecule has 0 bridgehead atoms. The Morgan fingerprint density at radius 1 is 1.53 bits per heavy atom. The lowest BCUT2D eigenvalue weighted by Gasteiger charge is -2.19. The summed E-state index contributed by atoms with van der Waals surface area (Å²) in [7, 11) is 0. The number of anilines is 1. The number of imidazole rings is 1. The molecule has 1 N–H and O–H groups in total. The van der Waals surface area contributed by atoms with Crippen LogP contribution >= 0.6 is 0 Å². The third-order valence-electron chi connectivity index (χ3n) is 3.40. The SMILES string of the molecule is CCOCC(C)n1ccnc1NC1CCCC1. The first-order valence-electron chi connectivity index (χ1n) is 6.68. The quantitative estimate of drug-likeness (QED) is 0.827. The van der Waals surface area contributed by atoms with E-state index in [1.807, 2.05) is 19.3 Å². The fourth-order valence-electron chi connectivity index (χ4n) is 2.40. The van der Waals surface area contributed by atoms with E-state index in [1.54, 1.807) is 0 Å². The molecule has 1 fully saturated rings. The van der Waals surface area contributed by atoms with E-state index in [9.17, 15) is 0 Å². The maximum atomic E-state index is 5.47. The molecule has 1 aliphatic rings. The van der Waals surface area contributed by atoms with Gasteiger partial charge in [-0.05, 0) is 26.7 Å². The highest BCUT2D eigenvalue weighted by atomic mass is 16.5. The Labute approximate surface area is 103 Å². The number of nitrogens with zero attached hydrogens (tertiary/aromatic N) is 2. The number of rotatable bonds is 6. The van der Waals surface area contributed by atoms with Crippen LogP contribution in [0.2, 0.25) is 0 Å². The molecule has 0 amide bonds. The van der Waals surface area contributed by atoms with Crippen LogP contribution < -0.4 is 5.32 Å². The Morgan fingerprint density at radius 2 is 2.29 bits per heavy atom. The largest absolute Gasteiger partial charge is 0.380 e. The van der Waals surface area contributed by atoms with Gasteiger partial charge in [0.15, 0.2) is 0 Å². The topological polar surface area (TPSA) is 39.1 Å². The second kappa shape index (κ2) is 6.05. The molecule has 1 heterocycles. The van der Waals surface area contributed by atoms with Crippen LogP contribution in [-0.4, -0.2) is 28.8 Å². The van der Waals surface area contributed by atoms with Gasteiger partial charge in [0, 0.05) is 25.0 Å². The molecule has 0 saturated heterocycles. The molecule has 1 saturated carbocycles. The average molecular weight is 237 g/mol. The fraction of sp³-hybridized carbons (Fsp3) is 0.769. The molecule has 1 atom stereocenters. The van der Waals surface area contributed by atoms with Crippen LogP contribution in [0.5, 0.6) is 0 Å². The Hall–Kier alpha value is -1.03. The summed E-state index contributed by atoms with van der Waals surface area (Å²) in [5.41, 5.74) is 0. The van der Waals surface area contributed by atoms with Gasteiger partial charge in [-0.25, -0.2) is 4.98 Å². The molecular weight excluding hydrogens is 214 g/mol. The summed E-state index contributed by atoms with van der Waals surface area (Å²) in [4.78, 5) is 4.41. The van der Waals surface area contributed by atoms with Crippen molar-refractivity contribution >= 4 is 5.95 Å². The lowest BCUT2D eigenvalue weighted by Crippen LogP contribution is -2.20. The number of aromatic nitrogens is 2. The minimum atomic E-state index is 0.335. The Kier molecular flexibility index (Phi) is 4.42. The Bertz CT molecular complexity index is 331. The summed E-state index contributed by atoms with van der Waals surface area (Å²) >= 11 is 0. The molecule has 1 unspecified atom stereocenters. The maximum Gasteiger partial charge on any atom is 0.203 e. The molecule has 0 spiro atoms. The fourth-order valence-corrected chi connectivity index (χ4v) is 2.40. The second-order valence-electron chi connectivity index (χ2n) is 4.79. The number of hydrogen-bond donors (Lipinski definition) is 1. The van der Waals surface area contributed by atoms with Gasteiger partial charge >= 0.3 is 0 Å². The molecule has 1 aromatic heterocycles. The van der Waals surface area contributed by atoms with E-state index in [0.717, 1.165) is 19.2 Å². The van der Waals surface area contributed by atoms with E-state index in [1.165, 1.54) is 25.7 Å². The van der Waals surface area contributed by atoms with Crippen molar-refractivity contribution in [1.82, 2.24) is 9.55 Å². The van der Waals surface area contributed by atoms with Crippen LogP contribution in [0.25, 0.3) is 0 Å². The zero-order valence-electron chi connectivity index (χ0n) is 10.9. The molecule has 17 heavy (non-hydrogen) atoms. The molecule has 0 radical (unpaired) electrons. The molecule has 96 valence electrons. The number of nitrogens with one attached hydrogen (secondary N) is 1. The first-order chi connectivity index (χ1) is 8.31. The lowest BCUT2D eigenvalue weighted by molar-refractivity contribution is 0.119. The van der Waals surface area contributed by atoms with Gasteiger partial charge in [-0.3, -0.25) is 0 Å². The van der Waals surface area contributed by atoms with Crippen LogP contribution in [0, 0.1) is 0 Å². The summed E-state index contributed by atoms with van der Waals surface area (Å²) in [6.07, 6.45) is 9.11. The molecule has 0 aromatic carbocycles. The van der Waals surface area contributed by atoms with Gasteiger partial charge in [-0.2, -0.15) is 0 Å². The normalized spacial score (nSPS) is 18.5. The van der Waals surface area contributed by atoms with Gasteiger partial charge in [0.05, 0.1) is 12.6 Å². The van der Waals surface area contributed by atoms with Gasteiger partial charge in [0.2, 0.25) is 5.95 Å². The summed E-state index contributed by atoms with van der Waals surface area (Å²) in [5, 5.41) is 3.54. The number of hydrogen-bond acceptors (Lipinski definition) is 3. The van der Waals surface area contributed by atoms with E-state index < -0.39 is 0 Å². The smallest absolute Gasteiger partial charge is 0.203 e. The molecule has 1 aromatic rings. The average Bonchev–Trinajstić information content (AvgIpc) is 2.97. The number of ether oxygens (including phenoxy) is 1. The molecule has 0 aliphatic heterocycles. The summed E-state index contributed by atoms with van der Waals surface area (Å²) < 4.78 is 7.64. The van der Waals surface area contributed by atoms with Crippen molar-refractivity contribution in [3.8, 4) is 0 Å². The standard InChI is InChI=1S/C13H23N3O/c1-3-17-10-11(2)16-9-8-14-13(16)15-12-6-4-5-7-12/h8-9,11-12H,3-7,10H2,1-2H3,(H,14,15). The van der Waals surface area contributed by atoms with Crippen LogP contribution in [0.15, 0.2) is 12.4 Å². The monoisotopic (exact) mass is 237 g/mol. The first kappa shape index (κ1) is 12.4. The highest BCUT2D eigenvalue weighted by Crippen LogP contribution is 2.23. The van der Waals surface area contributed by atoms with E-state index in [0.29, 0.717) is 12.1 Å². The van der Waals surface area contributed by atoms with Gasteiger partial charge in [0.1, 0.15) is 0 Å². The highest BCUT2D eigenvalue weighted by Gasteiger charge is 2.17. The van der Waals surface area contributed by atoms with Crippen molar-refractivity contribution in [3.05, 3.63) is 12.4 Å². The van der Waals surface area contributed by atoms with E-state index >= 15 is 0 Å². The molecule has 4 heteroatoms. The zero-order chi connectivity index (χ0) is 12.1. The van der Waals surface area contributed by atoms with Gasteiger partial charge in [0.25, 0.3) is 0 Å². The van der Waals surface area contributed by atoms with Crippen molar-refractivity contribution in [2.75, 3.05) is 18.5 Å². The van der Waals surface area contributed by atoms with Crippen LogP contribution in [0.3, 0.4) is 0 Å². The van der Waals surface area contributed by atoms with Crippen molar-refractivity contribution in [2.45, 2.75) is 51.6 Å². The third-order valence-corrected chi connectivity index (χ3v) is 3.40. The van der Waals surface area contributed by atoms with Crippen molar-refractivity contribution < 1.29 is 4.74 Å². The molecule has 1 aliphatic carbocycles. The highest BCUT2D eigenvalue weighted by molar-refractivity contribution is 5.28. The van der Waals surface area contributed by atoms with Crippen molar-refractivity contribution in [1.29, 1.82) is 0 Å². The second-order valence-corrected chi connectivity index (χ2v) is 4.79. The Morgan fingerprint density at radius 3 is 3.00 bits per heavy atom.